The molecule has 2 unspecified atom stereocenters. The Bertz CT molecular complexity index is 303. The van der Waals surface area contributed by atoms with Crippen LogP contribution in [0.2, 0.25) is 0 Å². The second-order valence-corrected chi connectivity index (χ2v) is 7.05. The number of thioether (sulfide) groups is 1. The predicted molar refractivity (Wildman–Crippen MR) is 74.4 cm³/mol. The number of hydrogen-bond donors (Lipinski definition) is 2. The van der Waals surface area contributed by atoms with Crippen molar-refractivity contribution in [2.75, 3.05) is 18.1 Å². The number of nitrogens with one attached hydrogen (secondary N) is 1. The van der Waals surface area contributed by atoms with Crippen molar-refractivity contribution in [2.24, 2.45) is 11.8 Å². The summed E-state index contributed by atoms with van der Waals surface area (Å²) in [5, 5.41) is 0. The molecule has 20 heavy (non-hydrogen) atoms. The molecule has 118 valence electrons. The summed E-state index contributed by atoms with van der Waals surface area (Å²) < 4.78 is 43.1. The van der Waals surface area contributed by atoms with Gasteiger partial charge in [0.1, 0.15) is 0 Å². The Labute approximate surface area is 122 Å². The van der Waals surface area contributed by atoms with Crippen LogP contribution in [0.15, 0.2) is 0 Å². The van der Waals surface area contributed by atoms with Crippen LogP contribution in [-0.4, -0.2) is 35.9 Å². The van der Waals surface area contributed by atoms with E-state index in [1.54, 1.807) is 0 Å². The van der Waals surface area contributed by atoms with Gasteiger partial charge in [-0.05, 0) is 49.5 Å². The Balaban J connectivity index is 1.92. The maximum absolute atomic E-state index is 12.4. The van der Waals surface area contributed by atoms with E-state index in [4.69, 9.17) is 10.6 Å². The first kappa shape index (κ1) is 16.4. The number of hydrazine groups is 1. The summed E-state index contributed by atoms with van der Waals surface area (Å²) in [7, 11) is 0. The molecule has 2 fully saturated rings. The van der Waals surface area contributed by atoms with Crippen LogP contribution in [0.4, 0.5) is 13.2 Å². The summed E-state index contributed by atoms with van der Waals surface area (Å²) in [6.45, 7) is 0.638. The van der Waals surface area contributed by atoms with E-state index in [-0.39, 0.29) is 24.0 Å². The maximum Gasteiger partial charge on any atom is 0.389 e. The quantitative estimate of drug-likeness (QED) is 0.619. The number of hydrogen-bond acceptors (Lipinski definition) is 4. The number of alkyl halides is 3. The summed E-state index contributed by atoms with van der Waals surface area (Å²) in [5.74, 6) is 7.83. The van der Waals surface area contributed by atoms with Crippen molar-refractivity contribution in [1.29, 1.82) is 0 Å². The average Bonchev–Trinajstić information content (AvgIpc) is 2.39. The highest BCUT2D eigenvalue weighted by atomic mass is 32.2. The van der Waals surface area contributed by atoms with Gasteiger partial charge in [-0.2, -0.15) is 24.9 Å². The highest BCUT2D eigenvalue weighted by Crippen LogP contribution is 2.41. The lowest BCUT2D eigenvalue weighted by molar-refractivity contribution is -0.140. The van der Waals surface area contributed by atoms with Crippen LogP contribution in [0.3, 0.4) is 0 Å². The molecule has 1 spiro atoms. The summed E-state index contributed by atoms with van der Waals surface area (Å²) >= 11 is 1.92. The second kappa shape index (κ2) is 6.85. The van der Waals surface area contributed by atoms with Crippen molar-refractivity contribution in [3.05, 3.63) is 0 Å². The van der Waals surface area contributed by atoms with Crippen molar-refractivity contribution in [3.8, 4) is 0 Å². The number of rotatable bonds is 4. The third kappa shape index (κ3) is 4.51. The van der Waals surface area contributed by atoms with Gasteiger partial charge in [-0.3, -0.25) is 11.3 Å². The normalized spacial score (nSPS) is 28.5. The van der Waals surface area contributed by atoms with Crippen LogP contribution in [-0.2, 0) is 4.74 Å². The predicted octanol–water partition coefficient (Wildman–Crippen LogP) is 2.85. The zero-order valence-corrected chi connectivity index (χ0v) is 12.4. The summed E-state index contributed by atoms with van der Waals surface area (Å²) in [4.78, 5) is 0. The lowest BCUT2D eigenvalue weighted by Crippen LogP contribution is -2.50. The standard InChI is InChI=1S/C13H23F3N2OS/c14-13(15,16)3-1-11(18-17)10-2-6-19-12(9-10)4-7-20-8-5-12/h10-11,18H,1-9,17H2. The molecule has 0 aliphatic carbocycles. The van der Waals surface area contributed by atoms with E-state index in [9.17, 15) is 13.2 Å². The van der Waals surface area contributed by atoms with Crippen LogP contribution in [0.25, 0.3) is 0 Å². The molecule has 7 heteroatoms. The lowest BCUT2D eigenvalue weighted by Gasteiger charge is -2.45. The molecule has 0 aromatic heterocycles. The van der Waals surface area contributed by atoms with Crippen LogP contribution in [0.1, 0.15) is 38.5 Å². The topological polar surface area (TPSA) is 47.3 Å². The van der Waals surface area contributed by atoms with E-state index in [0.29, 0.717) is 6.61 Å². The molecular formula is C13H23F3N2OS. The number of halogens is 3. The molecule has 0 aromatic rings. The minimum Gasteiger partial charge on any atom is -0.375 e. The highest BCUT2D eigenvalue weighted by Gasteiger charge is 2.41. The van der Waals surface area contributed by atoms with E-state index >= 15 is 0 Å². The molecule has 3 nitrogen and oxygen atoms in total. The zero-order chi connectivity index (χ0) is 14.6. The van der Waals surface area contributed by atoms with E-state index in [1.807, 2.05) is 11.8 Å². The molecule has 0 radical (unpaired) electrons. The van der Waals surface area contributed by atoms with Gasteiger partial charge < -0.3 is 4.74 Å². The van der Waals surface area contributed by atoms with Crippen LogP contribution < -0.4 is 11.3 Å². The van der Waals surface area contributed by atoms with Gasteiger partial charge in [0.15, 0.2) is 0 Å². The largest absolute Gasteiger partial charge is 0.389 e. The van der Waals surface area contributed by atoms with E-state index in [0.717, 1.165) is 37.2 Å². The van der Waals surface area contributed by atoms with Gasteiger partial charge in [0.05, 0.1) is 5.60 Å². The van der Waals surface area contributed by atoms with Crippen LogP contribution in [0.5, 0.6) is 0 Å². The molecule has 2 saturated heterocycles. The van der Waals surface area contributed by atoms with E-state index in [1.165, 1.54) is 0 Å². The SMILES string of the molecule is NNC(CCC(F)(F)F)C1CCOC2(CCSCC2)C1. The van der Waals surface area contributed by atoms with E-state index < -0.39 is 12.6 Å². The van der Waals surface area contributed by atoms with Gasteiger partial charge in [-0.15, -0.1) is 0 Å². The Morgan fingerprint density at radius 3 is 2.65 bits per heavy atom. The Kier molecular flexibility index (Phi) is 5.62. The van der Waals surface area contributed by atoms with Crippen LogP contribution in [0, 0.1) is 5.92 Å². The molecule has 0 bridgehead atoms. The number of ether oxygens (including phenoxy) is 1. The van der Waals surface area contributed by atoms with Gasteiger partial charge in [-0.25, -0.2) is 0 Å². The van der Waals surface area contributed by atoms with Gasteiger partial charge >= 0.3 is 6.18 Å². The lowest BCUT2D eigenvalue weighted by atomic mass is 9.78. The monoisotopic (exact) mass is 312 g/mol. The molecule has 2 heterocycles. The maximum atomic E-state index is 12.4. The van der Waals surface area contributed by atoms with Gasteiger partial charge in [0.25, 0.3) is 0 Å². The Hall–Kier alpha value is 0.0200. The van der Waals surface area contributed by atoms with Gasteiger partial charge in [0.2, 0.25) is 0 Å². The molecule has 2 aliphatic rings. The molecule has 2 atom stereocenters. The molecule has 2 aliphatic heterocycles. The highest BCUT2D eigenvalue weighted by molar-refractivity contribution is 7.99. The second-order valence-electron chi connectivity index (χ2n) is 5.82. The fraction of sp³-hybridized carbons (Fsp3) is 1.00. The van der Waals surface area contributed by atoms with Crippen molar-refractivity contribution >= 4 is 11.8 Å². The average molecular weight is 312 g/mol. The Morgan fingerprint density at radius 1 is 1.35 bits per heavy atom. The molecule has 2 rings (SSSR count). The van der Waals surface area contributed by atoms with E-state index in [2.05, 4.69) is 5.43 Å². The summed E-state index contributed by atoms with van der Waals surface area (Å²) in [5.41, 5.74) is 2.50. The summed E-state index contributed by atoms with van der Waals surface area (Å²) in [6.07, 6.45) is -1.20. The molecule has 3 N–H and O–H groups in total. The van der Waals surface area contributed by atoms with Crippen molar-refractivity contribution in [3.63, 3.8) is 0 Å². The fourth-order valence-electron chi connectivity index (χ4n) is 3.28. The molecule has 0 amide bonds. The van der Waals surface area contributed by atoms with Gasteiger partial charge in [-0.1, -0.05) is 0 Å². The minimum absolute atomic E-state index is 0.0511. The first-order valence-corrected chi connectivity index (χ1v) is 8.34. The first-order chi connectivity index (χ1) is 9.44. The molecule has 0 aromatic carbocycles. The third-order valence-electron chi connectivity index (χ3n) is 4.46. The number of nitrogens with two attached hydrogens (primary N) is 1. The minimum atomic E-state index is -4.11. The summed E-state index contributed by atoms with van der Waals surface area (Å²) in [6, 6.07) is -0.271. The van der Waals surface area contributed by atoms with Crippen molar-refractivity contribution in [1.82, 2.24) is 5.43 Å². The Morgan fingerprint density at radius 2 is 2.05 bits per heavy atom. The first-order valence-electron chi connectivity index (χ1n) is 7.19. The van der Waals surface area contributed by atoms with Crippen molar-refractivity contribution < 1.29 is 17.9 Å². The molecular weight excluding hydrogens is 289 g/mol. The van der Waals surface area contributed by atoms with Crippen LogP contribution >= 0.6 is 11.8 Å². The zero-order valence-electron chi connectivity index (χ0n) is 11.5. The van der Waals surface area contributed by atoms with Crippen molar-refractivity contribution in [2.45, 2.75) is 56.3 Å². The molecule has 0 saturated carbocycles. The third-order valence-corrected chi connectivity index (χ3v) is 5.44. The van der Waals surface area contributed by atoms with Gasteiger partial charge in [0, 0.05) is 19.1 Å². The smallest absolute Gasteiger partial charge is 0.375 e. The fourth-order valence-corrected chi connectivity index (χ4v) is 4.51.